The summed E-state index contributed by atoms with van der Waals surface area (Å²) in [6, 6.07) is 18.3. The summed E-state index contributed by atoms with van der Waals surface area (Å²) in [7, 11) is 0. The Morgan fingerprint density at radius 3 is 1.25 bits per heavy atom. The molecular formula is C65H77ClF10IrN6O16-2. The van der Waals surface area contributed by atoms with Gasteiger partial charge in [-0.3, -0.25) is 32.8 Å². The Bertz CT molecular complexity index is 3020. The Kier molecular flexibility index (Phi) is 45.4. The van der Waals surface area contributed by atoms with Crippen LogP contribution in [0.2, 0.25) is 0 Å². The van der Waals surface area contributed by atoms with E-state index in [1.54, 1.807) is 36.7 Å². The van der Waals surface area contributed by atoms with Crippen molar-refractivity contribution in [1.82, 2.24) is 30.6 Å². The Hall–Kier alpha value is -6.98. The molecule has 0 bridgehead atoms. The first kappa shape index (κ1) is 86.2. The van der Waals surface area contributed by atoms with Crippen LogP contribution in [0.1, 0.15) is 36.8 Å². The van der Waals surface area contributed by atoms with E-state index in [2.05, 4.69) is 42.7 Å². The first-order chi connectivity index (χ1) is 47.4. The van der Waals surface area contributed by atoms with Gasteiger partial charge < -0.3 is 82.0 Å². The van der Waals surface area contributed by atoms with E-state index in [0.29, 0.717) is 166 Å². The molecule has 4 heterocycles. The summed E-state index contributed by atoms with van der Waals surface area (Å²) in [6.07, 6.45) is -1.44. The Labute approximate surface area is 584 Å². The van der Waals surface area contributed by atoms with Crippen LogP contribution >= 0.6 is 11.6 Å². The molecule has 2 amide bonds. The molecule has 0 aliphatic heterocycles. The monoisotopic (exact) mass is 1620 g/mol. The minimum atomic E-state index is -4.50. The maximum atomic E-state index is 13.3. The fourth-order valence-corrected chi connectivity index (χ4v) is 7.63. The first-order valence-corrected chi connectivity index (χ1v) is 31.1. The molecule has 0 saturated carbocycles. The summed E-state index contributed by atoms with van der Waals surface area (Å²) in [6.45, 7) is 7.48. The quantitative estimate of drug-likeness (QED) is 0.0106. The fraction of sp³-hybridized carbons (Fsp3) is 0.477. The number of rotatable bonds is 45. The van der Waals surface area contributed by atoms with Gasteiger partial charge >= 0.3 is 24.5 Å². The topological polar surface area (TPSA) is 250 Å². The number of pyridine rings is 4. The van der Waals surface area contributed by atoms with E-state index in [0.717, 1.165) is 62.1 Å². The van der Waals surface area contributed by atoms with E-state index in [1.807, 2.05) is 0 Å². The Balaban J connectivity index is 0.000000548. The number of aliphatic hydroxyl groups excluding tert-OH is 1. The molecule has 6 rings (SSSR count). The molecule has 34 heteroatoms. The number of nitrogens with one attached hydrogen (secondary N) is 2. The molecule has 4 aromatic heterocycles. The van der Waals surface area contributed by atoms with E-state index >= 15 is 0 Å². The van der Waals surface area contributed by atoms with Crippen LogP contribution in [0.4, 0.5) is 53.5 Å². The number of amides is 2. The summed E-state index contributed by atoms with van der Waals surface area (Å²) in [5.41, 5.74) is -1.04. The minimum absolute atomic E-state index is 0. The zero-order valence-corrected chi connectivity index (χ0v) is 56.7. The van der Waals surface area contributed by atoms with Gasteiger partial charge in [-0.25, -0.2) is 9.59 Å². The summed E-state index contributed by atoms with van der Waals surface area (Å²) < 4.78 is 196. The van der Waals surface area contributed by atoms with Crippen LogP contribution in [0.15, 0.2) is 97.6 Å². The summed E-state index contributed by atoms with van der Waals surface area (Å²) in [5, 5.41) is 13.8. The Morgan fingerprint density at radius 2 is 0.838 bits per heavy atom. The van der Waals surface area contributed by atoms with E-state index in [1.165, 1.54) is 0 Å². The number of carbonyl (C=O) groups excluding carboxylic acids is 2. The van der Waals surface area contributed by atoms with Crippen LogP contribution in [-0.4, -0.2) is 202 Å². The second-order valence-electron chi connectivity index (χ2n) is 19.5. The average molecular weight is 1620 g/mol. The minimum Gasteiger partial charge on any atom is -0.491 e. The molecule has 0 aliphatic carbocycles. The van der Waals surface area contributed by atoms with Crippen molar-refractivity contribution in [3.8, 4) is 45.4 Å². The number of aromatic nitrogens is 4. The number of unbranched alkanes of at least 4 members (excludes halogenated alkanes) is 3. The van der Waals surface area contributed by atoms with Gasteiger partial charge in [-0.1, -0.05) is 60.4 Å². The zero-order chi connectivity index (χ0) is 70.9. The number of ether oxygens (including phenoxy) is 13. The molecule has 0 atom stereocenters. The second kappa shape index (κ2) is 52.1. The molecule has 22 nitrogen and oxygen atoms in total. The maximum absolute atomic E-state index is 13.3. The third-order valence-corrected chi connectivity index (χ3v) is 12.4. The number of alkyl carbamates (subject to hydrolysis) is 2. The molecule has 0 aliphatic rings. The molecule has 6 aromatic rings. The van der Waals surface area contributed by atoms with Crippen LogP contribution in [0.3, 0.4) is 0 Å². The van der Waals surface area contributed by atoms with Crippen LogP contribution < -0.4 is 20.1 Å². The van der Waals surface area contributed by atoms with Gasteiger partial charge in [0.2, 0.25) is 0 Å². The normalized spacial score (nSPS) is 11.2. The molecule has 0 fully saturated rings. The SMILES string of the molecule is Fc1c[c-]c(-c2ccc(C(F)(F)F)cn2)c(F)c1.Fc1c[c-]c(-c2ccc(C(F)(F)F)cn2)c(F)c1.O=C(NCCOCCOCCOCCOC(=O)NCOCCOCCCCCCCl)OCCOCCOCCOc1ccnc(-c2cc(OCCOCCOCCO)ccn2)c1.[Ir]. The zero-order valence-electron chi connectivity index (χ0n) is 53.6. The van der Waals surface area contributed by atoms with Gasteiger partial charge in [0.15, 0.2) is 0 Å². The summed E-state index contributed by atoms with van der Waals surface area (Å²) in [5.74, 6) is -1.53. The van der Waals surface area contributed by atoms with E-state index in [-0.39, 0.29) is 88.9 Å². The molecular weight excluding hydrogens is 1540 g/mol. The fourth-order valence-electron chi connectivity index (χ4n) is 7.44. The summed E-state index contributed by atoms with van der Waals surface area (Å²) >= 11 is 5.65. The van der Waals surface area contributed by atoms with E-state index in [4.69, 9.17) is 78.3 Å². The van der Waals surface area contributed by atoms with Gasteiger partial charge in [0.25, 0.3) is 0 Å². The molecule has 551 valence electrons. The maximum Gasteiger partial charge on any atom is 0.417 e. The molecule has 0 saturated heterocycles. The number of aliphatic hydroxyl groups is 1. The van der Waals surface area contributed by atoms with E-state index < -0.39 is 58.9 Å². The number of alkyl halides is 7. The van der Waals surface area contributed by atoms with Crippen molar-refractivity contribution in [1.29, 1.82) is 0 Å². The number of hydrogen-bond donors (Lipinski definition) is 3. The van der Waals surface area contributed by atoms with Crippen LogP contribution in [0.25, 0.3) is 33.9 Å². The number of benzene rings is 2. The standard InChI is InChI=1S/C41H67ClN4O16.2C12H5F5N.Ir/c42-7-3-1-2-4-12-50-23-24-58-35-46-41(49)62-32-28-56-20-19-53-17-15-51-13-10-45-40(48)61-31-27-57-22-21-55-26-30-60-37-6-9-44-39(34-37)38-33-36(5-8-43-38)59-29-25-54-18-16-52-14-11-47;2*13-8-2-3-9(10(14)5-8)11-4-1-7(6-18-11)12(15,16)17;/h5-6,8-9,33-34,47H,1-4,7,10-32,35H2,(H,45,48)(H,46,49);2*1-2,4-6H;/q;2*-1;. The van der Waals surface area contributed by atoms with Crippen molar-refractivity contribution < 1.29 is 140 Å². The molecule has 3 N–H and O–H groups in total. The number of hydrogen-bond acceptors (Lipinski definition) is 20. The molecule has 2 aromatic carbocycles. The Morgan fingerprint density at radius 1 is 0.444 bits per heavy atom. The van der Waals surface area contributed by atoms with Gasteiger partial charge in [0.1, 0.15) is 44.7 Å². The van der Waals surface area contributed by atoms with Crippen molar-refractivity contribution in [3.05, 3.63) is 144 Å². The van der Waals surface area contributed by atoms with Crippen LogP contribution in [0.5, 0.6) is 11.5 Å². The molecule has 0 spiro atoms. The largest absolute Gasteiger partial charge is 0.491 e. The van der Waals surface area contributed by atoms with E-state index in [9.17, 15) is 53.5 Å². The van der Waals surface area contributed by atoms with Gasteiger partial charge in [-0.2, -0.15) is 26.3 Å². The third-order valence-electron chi connectivity index (χ3n) is 12.2. The molecule has 99 heavy (non-hydrogen) atoms. The van der Waals surface area contributed by atoms with Gasteiger partial charge in [-0.15, -0.1) is 35.9 Å². The number of carbonyl (C=O) groups is 2. The van der Waals surface area contributed by atoms with Crippen molar-refractivity contribution in [2.75, 3.05) is 165 Å². The average Bonchev–Trinajstić information content (AvgIpc) is 0.859. The van der Waals surface area contributed by atoms with Crippen molar-refractivity contribution in [3.63, 3.8) is 0 Å². The third kappa shape index (κ3) is 39.6. The summed E-state index contributed by atoms with van der Waals surface area (Å²) in [4.78, 5) is 39.2. The van der Waals surface area contributed by atoms with Gasteiger partial charge in [0, 0.05) is 99.3 Å². The smallest absolute Gasteiger partial charge is 0.417 e. The predicted octanol–water partition coefficient (Wildman–Crippen LogP) is 10.9. The molecule has 1 radical (unpaired) electrons. The van der Waals surface area contributed by atoms with Gasteiger partial charge in [0.05, 0.1) is 135 Å². The number of halogens is 11. The van der Waals surface area contributed by atoms with Crippen molar-refractivity contribution in [2.24, 2.45) is 0 Å². The van der Waals surface area contributed by atoms with Crippen molar-refractivity contribution in [2.45, 2.75) is 38.0 Å². The van der Waals surface area contributed by atoms with Crippen LogP contribution in [0, 0.1) is 35.4 Å². The predicted molar refractivity (Wildman–Crippen MR) is 333 cm³/mol. The first-order valence-electron chi connectivity index (χ1n) is 30.5. The van der Waals surface area contributed by atoms with Crippen LogP contribution in [-0.2, 0) is 84.6 Å². The van der Waals surface area contributed by atoms with Crippen molar-refractivity contribution >= 4 is 23.8 Å². The van der Waals surface area contributed by atoms with Gasteiger partial charge in [-0.05, 0) is 36.4 Å². The number of nitrogens with zero attached hydrogens (tertiary/aromatic N) is 4. The molecule has 0 unspecified atom stereocenters. The second-order valence-corrected chi connectivity index (χ2v) is 19.9.